The summed E-state index contributed by atoms with van der Waals surface area (Å²) in [6, 6.07) is 0.194. The summed E-state index contributed by atoms with van der Waals surface area (Å²) in [6.45, 7) is 4.04. The Bertz CT molecular complexity index is 220. The molecule has 0 aromatic carbocycles. The largest absolute Gasteiger partial charge is 0.409 e. The molecule has 0 aromatic heterocycles. The zero-order valence-electron chi connectivity index (χ0n) is 8.83. The van der Waals surface area contributed by atoms with Crippen molar-refractivity contribution in [3.63, 3.8) is 0 Å². The smallest absolute Gasteiger partial charge is 0.140 e. The third-order valence-electron chi connectivity index (χ3n) is 1.91. The van der Waals surface area contributed by atoms with E-state index in [1.54, 1.807) is 0 Å². The van der Waals surface area contributed by atoms with Crippen LogP contribution >= 0.6 is 0 Å². The van der Waals surface area contributed by atoms with Crippen LogP contribution in [0.15, 0.2) is 5.16 Å². The van der Waals surface area contributed by atoms with Gasteiger partial charge in [0.1, 0.15) is 5.84 Å². The van der Waals surface area contributed by atoms with E-state index in [1.807, 2.05) is 6.92 Å². The van der Waals surface area contributed by atoms with Crippen molar-refractivity contribution in [2.75, 3.05) is 0 Å². The minimum Gasteiger partial charge on any atom is -0.409 e. The molecule has 14 heavy (non-hydrogen) atoms. The predicted octanol–water partition coefficient (Wildman–Crippen LogP) is 0.903. The lowest BCUT2D eigenvalue weighted by Crippen LogP contribution is -2.38. The van der Waals surface area contributed by atoms with Gasteiger partial charge in [-0.05, 0) is 13.3 Å². The lowest BCUT2D eigenvalue weighted by molar-refractivity contribution is 0.315. The summed E-state index contributed by atoms with van der Waals surface area (Å²) in [5.41, 5.74) is 5.37. The highest BCUT2D eigenvalue weighted by Gasteiger charge is 2.09. The second-order valence-electron chi connectivity index (χ2n) is 3.37. The fourth-order valence-electron chi connectivity index (χ4n) is 1.26. The zero-order valence-corrected chi connectivity index (χ0v) is 8.83. The topological polar surface area (TPSA) is 70.6 Å². The first-order valence-corrected chi connectivity index (χ1v) is 4.82. The molecule has 4 nitrogen and oxygen atoms in total. The van der Waals surface area contributed by atoms with E-state index in [0.29, 0.717) is 6.42 Å². The molecule has 0 rings (SSSR count). The number of terminal acetylenes is 1. The van der Waals surface area contributed by atoms with Gasteiger partial charge < -0.3 is 16.3 Å². The first-order valence-electron chi connectivity index (χ1n) is 4.82. The summed E-state index contributed by atoms with van der Waals surface area (Å²) in [5.74, 6) is 2.89. The molecule has 0 spiro atoms. The fourth-order valence-corrected chi connectivity index (χ4v) is 1.26. The van der Waals surface area contributed by atoms with Crippen LogP contribution in [0.2, 0.25) is 0 Å². The molecule has 0 heterocycles. The Labute approximate surface area is 85.6 Å². The van der Waals surface area contributed by atoms with Gasteiger partial charge in [-0.2, -0.15) is 0 Å². The summed E-state index contributed by atoms with van der Waals surface area (Å²) in [5, 5.41) is 14.5. The second kappa shape index (κ2) is 7.22. The Morgan fingerprint density at radius 2 is 2.36 bits per heavy atom. The normalized spacial score (nSPS) is 15.9. The molecular formula is C10H19N3O. The van der Waals surface area contributed by atoms with Crippen molar-refractivity contribution in [3.8, 4) is 12.3 Å². The van der Waals surface area contributed by atoms with Crippen LogP contribution in [0.25, 0.3) is 0 Å². The third-order valence-corrected chi connectivity index (χ3v) is 1.91. The number of oxime groups is 1. The van der Waals surface area contributed by atoms with Crippen molar-refractivity contribution >= 4 is 5.84 Å². The van der Waals surface area contributed by atoms with Gasteiger partial charge in [0.2, 0.25) is 0 Å². The minimum absolute atomic E-state index is 0.0708. The Balaban J connectivity index is 3.91. The Kier molecular flexibility index (Phi) is 6.59. The minimum atomic E-state index is 0.0708. The van der Waals surface area contributed by atoms with Gasteiger partial charge in [0.05, 0.1) is 6.04 Å². The summed E-state index contributed by atoms with van der Waals surface area (Å²) < 4.78 is 0. The molecule has 4 heteroatoms. The highest BCUT2D eigenvalue weighted by atomic mass is 16.4. The molecule has 0 amide bonds. The SMILES string of the molecule is C#CC(CCC)NC(C)CC(N)=NO. The number of nitrogens with two attached hydrogens (primary N) is 1. The quantitative estimate of drug-likeness (QED) is 0.195. The highest BCUT2D eigenvalue weighted by molar-refractivity contribution is 5.80. The highest BCUT2D eigenvalue weighted by Crippen LogP contribution is 1.99. The van der Waals surface area contributed by atoms with Crippen molar-refractivity contribution in [1.29, 1.82) is 0 Å². The van der Waals surface area contributed by atoms with E-state index in [4.69, 9.17) is 17.4 Å². The van der Waals surface area contributed by atoms with E-state index in [0.717, 1.165) is 12.8 Å². The first-order chi connectivity index (χ1) is 6.63. The molecule has 0 saturated carbocycles. The molecule has 0 radical (unpaired) electrons. The van der Waals surface area contributed by atoms with Gasteiger partial charge >= 0.3 is 0 Å². The lowest BCUT2D eigenvalue weighted by atomic mass is 10.1. The van der Waals surface area contributed by atoms with E-state index >= 15 is 0 Å². The summed E-state index contributed by atoms with van der Waals surface area (Å²) in [4.78, 5) is 0. The third kappa shape index (κ3) is 5.44. The van der Waals surface area contributed by atoms with Gasteiger partial charge in [-0.25, -0.2) is 0 Å². The van der Waals surface area contributed by atoms with Crippen molar-refractivity contribution < 1.29 is 5.21 Å². The van der Waals surface area contributed by atoms with E-state index < -0.39 is 0 Å². The predicted molar refractivity (Wildman–Crippen MR) is 58.2 cm³/mol. The summed E-state index contributed by atoms with van der Waals surface area (Å²) >= 11 is 0. The van der Waals surface area contributed by atoms with Gasteiger partial charge in [-0.3, -0.25) is 0 Å². The molecule has 80 valence electrons. The Morgan fingerprint density at radius 3 is 2.79 bits per heavy atom. The molecule has 0 aliphatic carbocycles. The maximum Gasteiger partial charge on any atom is 0.140 e. The fraction of sp³-hybridized carbons (Fsp3) is 0.700. The van der Waals surface area contributed by atoms with Crippen molar-refractivity contribution in [2.24, 2.45) is 10.9 Å². The van der Waals surface area contributed by atoms with Crippen LogP contribution < -0.4 is 11.1 Å². The molecule has 4 N–H and O–H groups in total. The second-order valence-corrected chi connectivity index (χ2v) is 3.37. The number of hydrogen-bond acceptors (Lipinski definition) is 3. The monoisotopic (exact) mass is 197 g/mol. The van der Waals surface area contributed by atoms with E-state index in [-0.39, 0.29) is 17.9 Å². The molecule has 0 saturated heterocycles. The van der Waals surface area contributed by atoms with E-state index in [9.17, 15) is 0 Å². The van der Waals surface area contributed by atoms with Crippen LogP contribution in [-0.4, -0.2) is 23.1 Å². The first kappa shape index (κ1) is 12.8. The zero-order chi connectivity index (χ0) is 11.0. The van der Waals surface area contributed by atoms with Crippen molar-refractivity contribution in [3.05, 3.63) is 0 Å². The lowest BCUT2D eigenvalue weighted by Gasteiger charge is -2.18. The maximum atomic E-state index is 8.37. The van der Waals surface area contributed by atoms with Crippen molar-refractivity contribution in [2.45, 2.75) is 45.2 Å². The van der Waals surface area contributed by atoms with Crippen LogP contribution in [0.4, 0.5) is 0 Å². The molecular weight excluding hydrogens is 178 g/mol. The van der Waals surface area contributed by atoms with Crippen LogP contribution in [0.1, 0.15) is 33.1 Å². The average molecular weight is 197 g/mol. The molecule has 2 unspecified atom stereocenters. The van der Waals surface area contributed by atoms with E-state index in [2.05, 4.69) is 23.3 Å². The van der Waals surface area contributed by atoms with Crippen LogP contribution in [0, 0.1) is 12.3 Å². The number of nitrogens with zero attached hydrogens (tertiary/aromatic N) is 1. The molecule has 0 aliphatic heterocycles. The number of amidine groups is 1. The standard InChI is InChI=1S/C10H19N3O/c1-4-6-9(5-2)12-8(3)7-10(11)13-14/h2,8-9,12,14H,4,6-7H2,1,3H3,(H2,11,13). The molecule has 0 aliphatic rings. The number of rotatable bonds is 6. The molecule has 0 fully saturated rings. The van der Waals surface area contributed by atoms with Gasteiger partial charge in [-0.15, -0.1) is 6.42 Å². The van der Waals surface area contributed by atoms with Gasteiger partial charge in [0.25, 0.3) is 0 Å². The molecule has 2 atom stereocenters. The Hall–Kier alpha value is -1.21. The Morgan fingerprint density at radius 1 is 1.71 bits per heavy atom. The van der Waals surface area contributed by atoms with Gasteiger partial charge in [-0.1, -0.05) is 24.4 Å². The summed E-state index contributed by atoms with van der Waals surface area (Å²) in [6.07, 6.45) is 7.83. The van der Waals surface area contributed by atoms with Crippen LogP contribution in [0.3, 0.4) is 0 Å². The maximum absolute atomic E-state index is 8.37. The van der Waals surface area contributed by atoms with Crippen molar-refractivity contribution in [1.82, 2.24) is 5.32 Å². The van der Waals surface area contributed by atoms with E-state index in [1.165, 1.54) is 0 Å². The van der Waals surface area contributed by atoms with Gasteiger partial charge in [0, 0.05) is 12.5 Å². The number of hydrogen-bond donors (Lipinski definition) is 3. The van der Waals surface area contributed by atoms with Crippen LogP contribution in [-0.2, 0) is 0 Å². The summed E-state index contributed by atoms with van der Waals surface area (Å²) in [7, 11) is 0. The van der Waals surface area contributed by atoms with Crippen LogP contribution in [0.5, 0.6) is 0 Å². The number of nitrogens with one attached hydrogen (secondary N) is 1. The molecule has 0 bridgehead atoms. The van der Waals surface area contributed by atoms with Gasteiger partial charge in [0.15, 0.2) is 0 Å². The average Bonchev–Trinajstić information content (AvgIpc) is 2.16. The molecule has 0 aromatic rings.